The highest BCUT2D eigenvalue weighted by Gasteiger charge is 2.28. The van der Waals surface area contributed by atoms with Gasteiger partial charge in [-0.3, -0.25) is 0 Å². The summed E-state index contributed by atoms with van der Waals surface area (Å²) in [5.74, 6) is -3.23. The van der Waals surface area contributed by atoms with Gasteiger partial charge < -0.3 is 23.7 Å². The Balaban J connectivity index is 1.40. The van der Waals surface area contributed by atoms with Crippen LogP contribution in [0.5, 0.6) is 5.75 Å². The number of rotatable bonds is 9. The molecule has 0 unspecified atom stereocenters. The number of halogens is 4. The Kier molecular flexibility index (Phi) is 9.13. The molecule has 1 aromatic carbocycles. The van der Waals surface area contributed by atoms with Crippen LogP contribution in [-0.4, -0.2) is 39.3 Å². The molecule has 0 saturated carbocycles. The zero-order valence-corrected chi connectivity index (χ0v) is 17.4. The summed E-state index contributed by atoms with van der Waals surface area (Å²) in [4.78, 5) is 0. The second-order valence-electron chi connectivity index (χ2n) is 7.71. The Hall–Kier alpha value is -1.68. The smallest absolute Gasteiger partial charge is 0.387 e. The lowest BCUT2D eigenvalue weighted by atomic mass is 10.0. The molecule has 9 heteroatoms. The zero-order chi connectivity index (χ0) is 22.2. The molecule has 0 spiro atoms. The number of alkyl halides is 2. The van der Waals surface area contributed by atoms with Crippen LogP contribution in [0, 0.1) is 23.5 Å². The van der Waals surface area contributed by atoms with Crippen molar-refractivity contribution in [3.05, 3.63) is 41.5 Å². The number of hydrogen-bond donors (Lipinski definition) is 0. The van der Waals surface area contributed by atoms with Crippen LogP contribution in [-0.2, 0) is 18.9 Å². The predicted octanol–water partition coefficient (Wildman–Crippen LogP) is 5.35. The molecule has 1 aromatic rings. The molecule has 31 heavy (non-hydrogen) atoms. The van der Waals surface area contributed by atoms with Gasteiger partial charge in [0.1, 0.15) is 0 Å². The van der Waals surface area contributed by atoms with E-state index in [9.17, 15) is 17.6 Å². The number of unbranched alkanes of at least 4 members (excludes halogenated alkanes) is 1. The molecule has 2 aliphatic heterocycles. The van der Waals surface area contributed by atoms with Crippen molar-refractivity contribution in [2.24, 2.45) is 11.8 Å². The van der Waals surface area contributed by atoms with E-state index in [4.69, 9.17) is 18.9 Å². The van der Waals surface area contributed by atoms with Crippen LogP contribution in [0.2, 0.25) is 0 Å². The van der Waals surface area contributed by atoms with Crippen LogP contribution in [0.3, 0.4) is 0 Å². The van der Waals surface area contributed by atoms with E-state index in [2.05, 4.69) is 23.8 Å². The number of ether oxygens (including phenoxy) is 5. The van der Waals surface area contributed by atoms with Crippen molar-refractivity contribution in [2.45, 2.75) is 51.8 Å². The molecule has 2 heterocycles. The summed E-state index contributed by atoms with van der Waals surface area (Å²) in [5, 5.41) is 0. The molecule has 0 N–H and O–H groups in total. The minimum Gasteiger partial charge on any atom is -0.429 e. The van der Waals surface area contributed by atoms with E-state index >= 15 is 0 Å². The molecule has 5 nitrogen and oxygen atoms in total. The summed E-state index contributed by atoms with van der Waals surface area (Å²) in [6.45, 7) is 0.738. The van der Waals surface area contributed by atoms with Crippen molar-refractivity contribution in [3.8, 4) is 5.75 Å². The van der Waals surface area contributed by atoms with Crippen molar-refractivity contribution in [2.75, 3.05) is 26.4 Å². The van der Waals surface area contributed by atoms with Gasteiger partial charge in [-0.15, -0.1) is 0 Å². The van der Waals surface area contributed by atoms with Crippen LogP contribution < -0.4 is 4.74 Å². The standard InChI is InChI=1S/C22H28F4O5/c1-2-3-4-5-14-10-27-19(28-11-14)7-6-15-12-29-21(30-13-15)16-8-17(23)20(18(24)9-16)31-22(25)26/h4-5,8-9,14-15,19,21-22H,2-3,6-7,10-13H2,1H3/b5-4+. The van der Waals surface area contributed by atoms with Gasteiger partial charge in [-0.05, 0) is 31.4 Å². The van der Waals surface area contributed by atoms with Crippen molar-refractivity contribution in [3.63, 3.8) is 0 Å². The quantitative estimate of drug-likeness (QED) is 0.376. The molecule has 2 fully saturated rings. The minimum atomic E-state index is -3.32. The van der Waals surface area contributed by atoms with Crippen LogP contribution in [0.4, 0.5) is 17.6 Å². The Labute approximate surface area is 179 Å². The monoisotopic (exact) mass is 448 g/mol. The van der Waals surface area contributed by atoms with E-state index in [1.54, 1.807) is 0 Å². The fraction of sp³-hybridized carbons (Fsp3) is 0.636. The Bertz CT molecular complexity index is 691. The van der Waals surface area contributed by atoms with Crippen LogP contribution >= 0.6 is 0 Å². The maximum Gasteiger partial charge on any atom is 0.387 e. The molecular weight excluding hydrogens is 420 g/mol. The normalized spacial score (nSPS) is 27.2. The second kappa shape index (κ2) is 11.8. The van der Waals surface area contributed by atoms with E-state index in [1.165, 1.54) is 0 Å². The van der Waals surface area contributed by atoms with E-state index in [0.29, 0.717) is 32.8 Å². The zero-order valence-electron chi connectivity index (χ0n) is 17.4. The lowest BCUT2D eigenvalue weighted by Gasteiger charge is -2.32. The summed E-state index contributed by atoms with van der Waals surface area (Å²) >= 11 is 0. The van der Waals surface area contributed by atoms with Crippen molar-refractivity contribution >= 4 is 0 Å². The lowest BCUT2D eigenvalue weighted by Crippen LogP contribution is -2.33. The maximum absolute atomic E-state index is 13.9. The molecule has 0 bridgehead atoms. The molecular formula is C22H28F4O5. The van der Waals surface area contributed by atoms with Gasteiger partial charge in [0.05, 0.1) is 26.4 Å². The third kappa shape index (κ3) is 7.17. The molecule has 0 aliphatic carbocycles. The highest BCUT2D eigenvalue weighted by molar-refractivity contribution is 5.32. The summed E-state index contributed by atoms with van der Waals surface area (Å²) in [6.07, 6.45) is 6.66. The van der Waals surface area contributed by atoms with Gasteiger partial charge in [-0.1, -0.05) is 25.5 Å². The first-order valence-corrected chi connectivity index (χ1v) is 10.5. The predicted molar refractivity (Wildman–Crippen MR) is 104 cm³/mol. The molecule has 2 saturated heterocycles. The largest absolute Gasteiger partial charge is 0.429 e. The fourth-order valence-electron chi connectivity index (χ4n) is 3.48. The molecule has 2 aliphatic rings. The molecule has 0 atom stereocenters. The van der Waals surface area contributed by atoms with E-state index in [1.807, 2.05) is 0 Å². The minimum absolute atomic E-state index is 0.0659. The highest BCUT2D eigenvalue weighted by Crippen LogP contribution is 2.32. The topological polar surface area (TPSA) is 46.2 Å². The van der Waals surface area contributed by atoms with Crippen molar-refractivity contribution in [1.29, 1.82) is 0 Å². The number of benzene rings is 1. The molecule has 0 radical (unpaired) electrons. The van der Waals surface area contributed by atoms with Gasteiger partial charge >= 0.3 is 6.61 Å². The van der Waals surface area contributed by atoms with Gasteiger partial charge in [0.15, 0.2) is 30.0 Å². The number of hydrogen-bond acceptors (Lipinski definition) is 5. The van der Waals surface area contributed by atoms with Gasteiger partial charge in [-0.25, -0.2) is 8.78 Å². The third-order valence-corrected chi connectivity index (χ3v) is 5.13. The Morgan fingerprint density at radius 2 is 1.65 bits per heavy atom. The fourth-order valence-corrected chi connectivity index (χ4v) is 3.48. The first-order valence-electron chi connectivity index (χ1n) is 10.5. The molecule has 0 aromatic heterocycles. The maximum atomic E-state index is 13.9. The summed E-state index contributed by atoms with van der Waals surface area (Å²) in [5.41, 5.74) is 0.0659. The molecule has 3 rings (SSSR count). The van der Waals surface area contributed by atoms with E-state index in [0.717, 1.165) is 31.4 Å². The van der Waals surface area contributed by atoms with Crippen LogP contribution in [0.1, 0.15) is 44.5 Å². The van der Waals surface area contributed by atoms with Crippen molar-refractivity contribution in [1.82, 2.24) is 0 Å². The summed E-state index contributed by atoms with van der Waals surface area (Å²) in [7, 11) is 0. The summed E-state index contributed by atoms with van der Waals surface area (Å²) < 4.78 is 78.8. The average Bonchev–Trinajstić information content (AvgIpc) is 2.76. The van der Waals surface area contributed by atoms with Crippen LogP contribution in [0.15, 0.2) is 24.3 Å². The molecule has 0 amide bonds. The first-order chi connectivity index (χ1) is 15.0. The SMILES string of the molecule is CCC/C=C/C1COC(CCC2COC(c3cc(F)c(OC(F)F)c(F)c3)OC2)OC1. The average molecular weight is 448 g/mol. The Morgan fingerprint density at radius 3 is 2.23 bits per heavy atom. The van der Waals surface area contributed by atoms with Gasteiger partial charge in [-0.2, -0.15) is 8.78 Å². The van der Waals surface area contributed by atoms with Gasteiger partial charge in [0.2, 0.25) is 0 Å². The number of allylic oxidation sites excluding steroid dienone is 1. The first kappa shape index (κ1) is 24.0. The van der Waals surface area contributed by atoms with E-state index < -0.39 is 30.3 Å². The highest BCUT2D eigenvalue weighted by atomic mass is 19.3. The summed E-state index contributed by atoms with van der Waals surface area (Å²) in [6, 6.07) is 1.75. The third-order valence-electron chi connectivity index (χ3n) is 5.13. The Morgan fingerprint density at radius 1 is 1.00 bits per heavy atom. The lowest BCUT2D eigenvalue weighted by molar-refractivity contribution is -0.217. The van der Waals surface area contributed by atoms with Gasteiger partial charge in [0.25, 0.3) is 0 Å². The van der Waals surface area contributed by atoms with Gasteiger partial charge in [0, 0.05) is 17.4 Å². The van der Waals surface area contributed by atoms with E-state index in [-0.39, 0.29) is 23.7 Å². The molecule has 174 valence electrons. The van der Waals surface area contributed by atoms with Crippen molar-refractivity contribution < 1.29 is 41.2 Å². The van der Waals surface area contributed by atoms with Crippen LogP contribution in [0.25, 0.3) is 0 Å². The second-order valence-corrected chi connectivity index (χ2v) is 7.71.